The van der Waals surface area contributed by atoms with Crippen LogP contribution in [0.25, 0.3) is 0 Å². The molecule has 18 heavy (non-hydrogen) atoms. The molecule has 2 heterocycles. The van der Waals surface area contributed by atoms with Gasteiger partial charge in [0.2, 0.25) is 6.79 Å². The second-order valence-corrected chi connectivity index (χ2v) is 4.63. The number of nitrogens with one attached hydrogen (secondary N) is 1. The third-order valence-corrected chi connectivity index (χ3v) is 3.31. The average Bonchev–Trinajstić information content (AvgIpc) is 2.85. The summed E-state index contributed by atoms with van der Waals surface area (Å²) in [5.74, 6) is 1.61. The van der Waals surface area contributed by atoms with Gasteiger partial charge in [-0.05, 0) is 45.8 Å². The maximum atomic E-state index is 5.34. The Morgan fingerprint density at radius 2 is 2.11 bits per heavy atom. The van der Waals surface area contributed by atoms with Gasteiger partial charge in [-0.1, -0.05) is 6.07 Å². The van der Waals surface area contributed by atoms with E-state index in [0.717, 1.165) is 27.4 Å². The van der Waals surface area contributed by atoms with E-state index < -0.39 is 0 Å². The first-order valence-electron chi connectivity index (χ1n) is 5.56. The molecule has 3 rings (SSSR count). The fourth-order valence-corrected chi connectivity index (χ4v) is 2.16. The van der Waals surface area contributed by atoms with Crippen LogP contribution in [0.2, 0.25) is 0 Å². The molecule has 1 aliphatic heterocycles. The fourth-order valence-electron chi connectivity index (χ4n) is 1.77. The summed E-state index contributed by atoms with van der Waals surface area (Å²) in [5, 5.41) is 3.31. The average molecular weight is 307 g/mol. The quantitative estimate of drug-likeness (QED) is 0.885. The van der Waals surface area contributed by atoms with E-state index >= 15 is 0 Å². The SMILES string of the molecule is Brc1ncccc1NCc1ccc2c(c1)OCO2. The van der Waals surface area contributed by atoms with Gasteiger partial charge in [0.05, 0.1) is 5.69 Å². The Morgan fingerprint density at radius 1 is 1.22 bits per heavy atom. The van der Waals surface area contributed by atoms with Crippen LogP contribution in [-0.4, -0.2) is 11.8 Å². The molecule has 4 nitrogen and oxygen atoms in total. The molecule has 1 aliphatic rings. The summed E-state index contributed by atoms with van der Waals surface area (Å²) in [7, 11) is 0. The van der Waals surface area contributed by atoms with E-state index in [4.69, 9.17) is 9.47 Å². The van der Waals surface area contributed by atoms with Gasteiger partial charge < -0.3 is 14.8 Å². The van der Waals surface area contributed by atoms with Crippen LogP contribution >= 0.6 is 15.9 Å². The van der Waals surface area contributed by atoms with E-state index in [2.05, 4.69) is 26.2 Å². The van der Waals surface area contributed by atoms with Crippen LogP contribution in [-0.2, 0) is 6.54 Å². The van der Waals surface area contributed by atoms with E-state index in [1.807, 2.05) is 30.3 Å². The molecule has 0 radical (unpaired) electrons. The number of aromatic nitrogens is 1. The van der Waals surface area contributed by atoms with Gasteiger partial charge in [-0.15, -0.1) is 0 Å². The summed E-state index contributed by atoms with van der Waals surface area (Å²) in [6.07, 6.45) is 1.75. The minimum atomic E-state index is 0.306. The largest absolute Gasteiger partial charge is 0.454 e. The molecular weight excluding hydrogens is 296 g/mol. The second kappa shape index (κ2) is 4.86. The zero-order chi connectivity index (χ0) is 12.4. The maximum absolute atomic E-state index is 5.34. The molecule has 5 heteroatoms. The highest BCUT2D eigenvalue weighted by Gasteiger charge is 2.13. The van der Waals surface area contributed by atoms with Crippen molar-refractivity contribution < 1.29 is 9.47 Å². The lowest BCUT2D eigenvalue weighted by atomic mass is 10.2. The maximum Gasteiger partial charge on any atom is 0.231 e. The topological polar surface area (TPSA) is 43.4 Å². The summed E-state index contributed by atoms with van der Waals surface area (Å²) in [4.78, 5) is 4.16. The molecule has 92 valence electrons. The lowest BCUT2D eigenvalue weighted by Gasteiger charge is -2.08. The molecule has 0 atom stereocenters. The van der Waals surface area contributed by atoms with Gasteiger partial charge in [0.15, 0.2) is 11.5 Å². The highest BCUT2D eigenvalue weighted by atomic mass is 79.9. The van der Waals surface area contributed by atoms with E-state index in [-0.39, 0.29) is 0 Å². The summed E-state index contributed by atoms with van der Waals surface area (Å²) < 4.78 is 11.4. The molecule has 0 amide bonds. The number of benzene rings is 1. The predicted octanol–water partition coefficient (Wildman–Crippen LogP) is 3.18. The van der Waals surface area contributed by atoms with Crippen LogP contribution in [0, 0.1) is 0 Å². The number of ether oxygens (including phenoxy) is 2. The summed E-state index contributed by atoms with van der Waals surface area (Å²) in [6, 6.07) is 9.80. The minimum absolute atomic E-state index is 0.306. The molecule has 1 aromatic heterocycles. The molecule has 1 aromatic carbocycles. The number of rotatable bonds is 3. The Kier molecular flexibility index (Phi) is 3.06. The van der Waals surface area contributed by atoms with E-state index in [9.17, 15) is 0 Å². The molecule has 0 aliphatic carbocycles. The number of halogens is 1. The van der Waals surface area contributed by atoms with Gasteiger partial charge in [-0.25, -0.2) is 4.98 Å². The van der Waals surface area contributed by atoms with E-state index in [1.165, 1.54) is 0 Å². The van der Waals surface area contributed by atoms with Crippen molar-refractivity contribution >= 4 is 21.6 Å². The lowest BCUT2D eigenvalue weighted by Crippen LogP contribution is -2.00. The first-order valence-corrected chi connectivity index (χ1v) is 6.35. The predicted molar refractivity (Wildman–Crippen MR) is 71.8 cm³/mol. The zero-order valence-electron chi connectivity index (χ0n) is 9.52. The van der Waals surface area contributed by atoms with Crippen molar-refractivity contribution in [2.24, 2.45) is 0 Å². The van der Waals surface area contributed by atoms with Crippen molar-refractivity contribution in [2.45, 2.75) is 6.54 Å². The van der Waals surface area contributed by atoms with Gasteiger partial charge in [0, 0.05) is 12.7 Å². The number of nitrogens with zero attached hydrogens (tertiary/aromatic N) is 1. The number of pyridine rings is 1. The van der Waals surface area contributed by atoms with Crippen molar-refractivity contribution in [1.82, 2.24) is 4.98 Å². The number of anilines is 1. The Morgan fingerprint density at radius 3 is 3.00 bits per heavy atom. The first kappa shape index (κ1) is 11.3. The van der Waals surface area contributed by atoms with Gasteiger partial charge in [-0.3, -0.25) is 0 Å². The monoisotopic (exact) mass is 306 g/mol. The molecule has 0 bridgehead atoms. The van der Waals surface area contributed by atoms with Crippen molar-refractivity contribution in [3.63, 3.8) is 0 Å². The van der Waals surface area contributed by atoms with Crippen LogP contribution in [0.4, 0.5) is 5.69 Å². The Hall–Kier alpha value is -1.75. The normalized spacial score (nSPS) is 12.5. The summed E-state index contributed by atoms with van der Waals surface area (Å²) in [5.41, 5.74) is 2.10. The molecule has 0 saturated carbocycles. The van der Waals surface area contributed by atoms with Crippen molar-refractivity contribution in [1.29, 1.82) is 0 Å². The number of hydrogen-bond donors (Lipinski definition) is 1. The summed E-state index contributed by atoms with van der Waals surface area (Å²) in [6.45, 7) is 1.02. The molecule has 0 spiro atoms. The van der Waals surface area contributed by atoms with Gasteiger partial charge in [-0.2, -0.15) is 0 Å². The Balaban J connectivity index is 1.72. The van der Waals surface area contributed by atoms with E-state index in [1.54, 1.807) is 6.20 Å². The van der Waals surface area contributed by atoms with Gasteiger partial charge in [0.25, 0.3) is 0 Å². The number of fused-ring (bicyclic) bond motifs is 1. The van der Waals surface area contributed by atoms with E-state index in [0.29, 0.717) is 13.3 Å². The molecule has 0 saturated heterocycles. The van der Waals surface area contributed by atoms with Crippen LogP contribution in [0.3, 0.4) is 0 Å². The second-order valence-electron chi connectivity index (χ2n) is 3.88. The van der Waals surface area contributed by atoms with Gasteiger partial charge >= 0.3 is 0 Å². The van der Waals surface area contributed by atoms with Crippen molar-refractivity contribution in [3.05, 3.63) is 46.7 Å². The van der Waals surface area contributed by atoms with Crippen LogP contribution in [0.1, 0.15) is 5.56 Å². The Bertz CT molecular complexity index is 575. The zero-order valence-corrected chi connectivity index (χ0v) is 11.1. The highest BCUT2D eigenvalue weighted by Crippen LogP contribution is 2.32. The van der Waals surface area contributed by atoms with Crippen LogP contribution < -0.4 is 14.8 Å². The molecule has 0 unspecified atom stereocenters. The third kappa shape index (κ3) is 2.26. The molecule has 2 aromatic rings. The molecule has 0 fully saturated rings. The highest BCUT2D eigenvalue weighted by molar-refractivity contribution is 9.10. The third-order valence-electron chi connectivity index (χ3n) is 2.68. The molecule has 1 N–H and O–H groups in total. The molecular formula is C13H11BrN2O2. The van der Waals surface area contributed by atoms with Crippen molar-refractivity contribution in [2.75, 3.05) is 12.1 Å². The minimum Gasteiger partial charge on any atom is -0.454 e. The van der Waals surface area contributed by atoms with Gasteiger partial charge in [0.1, 0.15) is 4.60 Å². The Labute approximate surface area is 113 Å². The fraction of sp³-hybridized carbons (Fsp3) is 0.154. The van der Waals surface area contributed by atoms with Crippen LogP contribution in [0.5, 0.6) is 11.5 Å². The smallest absolute Gasteiger partial charge is 0.231 e. The summed E-state index contributed by atoms with van der Waals surface area (Å²) >= 11 is 3.40. The van der Waals surface area contributed by atoms with Crippen LogP contribution in [0.15, 0.2) is 41.1 Å². The number of hydrogen-bond acceptors (Lipinski definition) is 4. The lowest BCUT2D eigenvalue weighted by molar-refractivity contribution is 0.174. The standard InChI is InChI=1S/C13H11BrN2O2/c14-13-10(2-1-5-15-13)16-7-9-3-4-11-12(6-9)18-8-17-11/h1-6,16H,7-8H2. The first-order chi connectivity index (χ1) is 8.83. The van der Waals surface area contributed by atoms with Crippen molar-refractivity contribution in [3.8, 4) is 11.5 Å².